The Morgan fingerprint density at radius 1 is 1.17 bits per heavy atom. The van der Waals surface area contributed by atoms with Gasteiger partial charge in [0.1, 0.15) is 11.4 Å². The molecule has 0 radical (unpaired) electrons. The van der Waals surface area contributed by atoms with Gasteiger partial charge in [0.2, 0.25) is 0 Å². The van der Waals surface area contributed by atoms with Crippen LogP contribution in [-0.4, -0.2) is 53.4 Å². The van der Waals surface area contributed by atoms with E-state index >= 15 is 0 Å². The van der Waals surface area contributed by atoms with Gasteiger partial charge in [-0.3, -0.25) is 4.79 Å². The van der Waals surface area contributed by atoms with Crippen LogP contribution in [0.1, 0.15) is 17.3 Å². The number of amides is 1. The monoisotopic (exact) mass is 412 g/mol. The highest BCUT2D eigenvalue weighted by molar-refractivity contribution is 6.00. The van der Waals surface area contributed by atoms with Crippen LogP contribution >= 0.6 is 12.4 Å². The molecule has 2 heterocycles. The molecule has 0 aliphatic carbocycles. The van der Waals surface area contributed by atoms with Gasteiger partial charge in [0.25, 0.3) is 5.91 Å². The Kier molecular flexibility index (Phi) is 6.56. The average molecular weight is 413 g/mol. The number of aromatic nitrogens is 2. The van der Waals surface area contributed by atoms with Gasteiger partial charge in [-0.2, -0.15) is 5.10 Å². The molecule has 1 saturated heterocycles. The molecule has 4 rings (SSSR count). The molecule has 3 aromatic rings. The predicted molar refractivity (Wildman–Crippen MR) is 116 cm³/mol. The molecule has 0 spiro atoms. The molecular weight excluding hydrogens is 388 g/mol. The fraction of sp³-hybridized carbons (Fsp3) is 0.273. The number of benzene rings is 2. The van der Waals surface area contributed by atoms with Crippen LogP contribution in [-0.2, 0) is 0 Å². The second kappa shape index (κ2) is 9.11. The molecule has 7 heteroatoms. The summed E-state index contributed by atoms with van der Waals surface area (Å²) in [6, 6.07) is 17.8. The number of ether oxygens (including phenoxy) is 1. The number of halogens is 1. The normalized spacial score (nSPS) is 16.2. The van der Waals surface area contributed by atoms with E-state index in [2.05, 4.69) is 12.2 Å². The number of carbonyl (C=O) groups is 1. The highest BCUT2D eigenvalue weighted by atomic mass is 35.5. The van der Waals surface area contributed by atoms with Crippen molar-refractivity contribution in [2.45, 2.75) is 13.0 Å². The van der Waals surface area contributed by atoms with Gasteiger partial charge in [0.15, 0.2) is 0 Å². The second-order valence-corrected chi connectivity index (χ2v) is 7.01. The summed E-state index contributed by atoms with van der Waals surface area (Å²) in [6.45, 7) is 4.27. The van der Waals surface area contributed by atoms with Crippen LogP contribution in [0.15, 0.2) is 60.8 Å². The number of piperazine rings is 1. The number of carbonyl (C=O) groups excluding carboxylic acids is 1. The lowest BCUT2D eigenvalue weighted by molar-refractivity contribution is 0.0710. The van der Waals surface area contributed by atoms with E-state index in [0.29, 0.717) is 24.3 Å². The molecule has 1 fully saturated rings. The average Bonchev–Trinajstić information content (AvgIpc) is 3.19. The lowest BCUT2D eigenvalue weighted by atomic mass is 10.1. The number of nitrogens with zero attached hydrogens (tertiary/aromatic N) is 3. The third kappa shape index (κ3) is 4.44. The molecule has 1 N–H and O–H groups in total. The largest absolute Gasteiger partial charge is 0.497 e. The SMILES string of the molecule is COc1cccc(-c2nn(-c3ccccc3)cc2C(=O)N2CCNC(C)C2)c1.Cl. The molecule has 1 atom stereocenters. The summed E-state index contributed by atoms with van der Waals surface area (Å²) in [5, 5.41) is 8.14. The summed E-state index contributed by atoms with van der Waals surface area (Å²) >= 11 is 0. The van der Waals surface area contributed by atoms with Crippen LogP contribution in [0.3, 0.4) is 0 Å². The third-order valence-corrected chi connectivity index (χ3v) is 4.96. The van der Waals surface area contributed by atoms with Crippen molar-refractivity contribution < 1.29 is 9.53 Å². The third-order valence-electron chi connectivity index (χ3n) is 4.96. The Balaban J connectivity index is 0.00000240. The minimum absolute atomic E-state index is 0. The van der Waals surface area contributed by atoms with E-state index in [1.54, 1.807) is 11.8 Å². The highest BCUT2D eigenvalue weighted by Crippen LogP contribution is 2.28. The van der Waals surface area contributed by atoms with Crippen molar-refractivity contribution in [3.05, 3.63) is 66.4 Å². The topological polar surface area (TPSA) is 59.4 Å². The highest BCUT2D eigenvalue weighted by Gasteiger charge is 2.26. The smallest absolute Gasteiger partial charge is 0.257 e. The van der Waals surface area contributed by atoms with E-state index in [-0.39, 0.29) is 24.4 Å². The summed E-state index contributed by atoms with van der Waals surface area (Å²) < 4.78 is 7.13. The molecule has 1 aliphatic rings. The lowest BCUT2D eigenvalue weighted by Crippen LogP contribution is -2.51. The zero-order chi connectivity index (χ0) is 19.5. The van der Waals surface area contributed by atoms with E-state index < -0.39 is 0 Å². The number of methoxy groups -OCH3 is 1. The molecule has 29 heavy (non-hydrogen) atoms. The van der Waals surface area contributed by atoms with Crippen molar-refractivity contribution in [1.29, 1.82) is 0 Å². The van der Waals surface area contributed by atoms with Crippen LogP contribution in [0.25, 0.3) is 16.9 Å². The van der Waals surface area contributed by atoms with Crippen molar-refractivity contribution in [2.75, 3.05) is 26.7 Å². The number of hydrogen-bond donors (Lipinski definition) is 1. The fourth-order valence-corrected chi connectivity index (χ4v) is 3.51. The Hall–Kier alpha value is -2.83. The first-order valence-corrected chi connectivity index (χ1v) is 9.48. The quantitative estimate of drug-likeness (QED) is 0.713. The zero-order valence-corrected chi connectivity index (χ0v) is 17.4. The molecule has 2 aromatic carbocycles. The maximum atomic E-state index is 13.4. The molecule has 0 saturated carbocycles. The standard InChI is InChI=1S/C22H24N4O2.ClH/c1-16-14-25(12-11-23-16)22(27)20-15-26(18-8-4-3-5-9-18)24-21(20)17-7-6-10-19(13-17)28-2;/h3-10,13,15-16,23H,11-12,14H2,1-2H3;1H. The Labute approximate surface area is 176 Å². The summed E-state index contributed by atoms with van der Waals surface area (Å²) in [7, 11) is 1.63. The lowest BCUT2D eigenvalue weighted by Gasteiger charge is -2.31. The molecule has 0 bridgehead atoms. The molecule has 152 valence electrons. The fourth-order valence-electron chi connectivity index (χ4n) is 3.51. The number of para-hydroxylation sites is 1. The van der Waals surface area contributed by atoms with Gasteiger partial charge in [-0.1, -0.05) is 30.3 Å². The van der Waals surface area contributed by atoms with Gasteiger partial charge < -0.3 is 15.0 Å². The van der Waals surface area contributed by atoms with Crippen LogP contribution < -0.4 is 10.1 Å². The van der Waals surface area contributed by atoms with Crippen molar-refractivity contribution in [1.82, 2.24) is 20.0 Å². The van der Waals surface area contributed by atoms with Crippen LogP contribution in [0, 0.1) is 0 Å². The van der Waals surface area contributed by atoms with Crippen LogP contribution in [0.5, 0.6) is 5.75 Å². The summed E-state index contributed by atoms with van der Waals surface area (Å²) in [5.74, 6) is 0.745. The summed E-state index contributed by atoms with van der Waals surface area (Å²) in [4.78, 5) is 15.3. The van der Waals surface area contributed by atoms with E-state index in [1.807, 2.05) is 65.7 Å². The first-order valence-electron chi connectivity index (χ1n) is 9.48. The van der Waals surface area contributed by atoms with Crippen LogP contribution in [0.4, 0.5) is 0 Å². The predicted octanol–water partition coefficient (Wildman–Crippen LogP) is 3.40. The van der Waals surface area contributed by atoms with Gasteiger partial charge in [-0.15, -0.1) is 12.4 Å². The minimum atomic E-state index is 0. The number of hydrogen-bond acceptors (Lipinski definition) is 4. The Morgan fingerprint density at radius 3 is 2.69 bits per heavy atom. The Morgan fingerprint density at radius 2 is 1.97 bits per heavy atom. The van der Waals surface area contributed by atoms with E-state index in [9.17, 15) is 4.79 Å². The van der Waals surface area contributed by atoms with Crippen molar-refractivity contribution in [3.63, 3.8) is 0 Å². The maximum absolute atomic E-state index is 13.4. The maximum Gasteiger partial charge on any atom is 0.257 e. The van der Waals surface area contributed by atoms with Gasteiger partial charge in [0, 0.05) is 37.4 Å². The van der Waals surface area contributed by atoms with Crippen LogP contribution in [0.2, 0.25) is 0 Å². The Bertz CT molecular complexity index is 974. The first kappa shape index (κ1) is 20.9. The summed E-state index contributed by atoms with van der Waals surface area (Å²) in [6.07, 6.45) is 1.83. The molecule has 1 unspecified atom stereocenters. The number of rotatable bonds is 4. The van der Waals surface area contributed by atoms with Gasteiger partial charge >= 0.3 is 0 Å². The molecule has 1 aromatic heterocycles. The molecule has 1 amide bonds. The molecular formula is C22H25ClN4O2. The van der Waals surface area contributed by atoms with Crippen molar-refractivity contribution in [2.24, 2.45) is 0 Å². The van der Waals surface area contributed by atoms with E-state index in [4.69, 9.17) is 9.84 Å². The second-order valence-electron chi connectivity index (χ2n) is 7.01. The minimum Gasteiger partial charge on any atom is -0.497 e. The van der Waals surface area contributed by atoms with E-state index in [0.717, 1.165) is 23.5 Å². The van der Waals surface area contributed by atoms with Gasteiger partial charge in [-0.25, -0.2) is 4.68 Å². The molecule has 6 nitrogen and oxygen atoms in total. The first-order chi connectivity index (χ1) is 13.7. The number of nitrogens with one attached hydrogen (secondary N) is 1. The zero-order valence-electron chi connectivity index (χ0n) is 16.5. The van der Waals surface area contributed by atoms with Gasteiger partial charge in [-0.05, 0) is 31.2 Å². The van der Waals surface area contributed by atoms with E-state index in [1.165, 1.54) is 0 Å². The summed E-state index contributed by atoms with van der Waals surface area (Å²) in [5.41, 5.74) is 3.05. The van der Waals surface area contributed by atoms with Crippen molar-refractivity contribution >= 4 is 18.3 Å². The van der Waals surface area contributed by atoms with Gasteiger partial charge in [0.05, 0.1) is 18.4 Å². The van der Waals surface area contributed by atoms with Crippen molar-refractivity contribution in [3.8, 4) is 22.7 Å². The molecule has 1 aliphatic heterocycles.